The van der Waals surface area contributed by atoms with E-state index in [-0.39, 0.29) is 16.3 Å². The van der Waals surface area contributed by atoms with Gasteiger partial charge in [-0.05, 0) is 42.8 Å². The number of aromatic nitrogens is 1. The van der Waals surface area contributed by atoms with Crippen molar-refractivity contribution in [2.45, 2.75) is 17.9 Å². The van der Waals surface area contributed by atoms with Gasteiger partial charge in [-0.2, -0.15) is 0 Å². The van der Waals surface area contributed by atoms with E-state index in [9.17, 15) is 13.5 Å². The lowest BCUT2D eigenvalue weighted by atomic mass is 10.1. The van der Waals surface area contributed by atoms with E-state index in [1.165, 1.54) is 18.2 Å². The molecule has 1 atom stereocenters. The first-order valence-corrected chi connectivity index (χ1v) is 7.39. The maximum Gasteiger partial charge on any atom is 0.241 e. The van der Waals surface area contributed by atoms with Crippen LogP contribution in [-0.2, 0) is 10.0 Å². The zero-order chi connectivity index (χ0) is 14.8. The highest BCUT2D eigenvalue weighted by Gasteiger charge is 2.19. The predicted molar refractivity (Wildman–Crippen MR) is 75.5 cm³/mol. The highest BCUT2D eigenvalue weighted by atomic mass is 32.2. The number of nitrogen functional groups attached to an aromatic ring is 1. The standard InChI is InChI=1S/C13H15N3O3S/c1-9(10-4-6-15-7-5-10)16-20(18,19)11-2-3-13(17)12(14)8-11/h2-9,16-17H,14H2,1H3. The second-order valence-electron chi connectivity index (χ2n) is 4.34. The van der Waals surface area contributed by atoms with Crippen LogP contribution in [0, 0.1) is 0 Å². The van der Waals surface area contributed by atoms with E-state index in [2.05, 4.69) is 9.71 Å². The largest absolute Gasteiger partial charge is 0.506 e. The Morgan fingerprint density at radius 1 is 1.25 bits per heavy atom. The molecule has 6 nitrogen and oxygen atoms in total. The Balaban J connectivity index is 2.25. The molecule has 0 saturated carbocycles. The van der Waals surface area contributed by atoms with Crippen molar-refractivity contribution < 1.29 is 13.5 Å². The van der Waals surface area contributed by atoms with Crippen LogP contribution in [0.25, 0.3) is 0 Å². The number of benzene rings is 1. The molecule has 1 heterocycles. The highest BCUT2D eigenvalue weighted by molar-refractivity contribution is 7.89. The van der Waals surface area contributed by atoms with Gasteiger partial charge in [-0.1, -0.05) is 0 Å². The summed E-state index contributed by atoms with van der Waals surface area (Å²) in [4.78, 5) is 3.89. The van der Waals surface area contributed by atoms with Crippen LogP contribution in [-0.4, -0.2) is 18.5 Å². The lowest BCUT2D eigenvalue weighted by molar-refractivity contribution is 0.477. The molecule has 1 aromatic carbocycles. The minimum atomic E-state index is -3.71. The SMILES string of the molecule is CC(NS(=O)(=O)c1ccc(O)c(N)c1)c1ccncc1. The summed E-state index contributed by atoms with van der Waals surface area (Å²) in [6.45, 7) is 1.73. The molecule has 106 valence electrons. The monoisotopic (exact) mass is 293 g/mol. The van der Waals surface area contributed by atoms with E-state index in [1.807, 2.05) is 0 Å². The van der Waals surface area contributed by atoms with Crippen LogP contribution in [0.5, 0.6) is 5.75 Å². The van der Waals surface area contributed by atoms with E-state index in [4.69, 9.17) is 5.73 Å². The molecule has 20 heavy (non-hydrogen) atoms. The minimum absolute atomic E-state index is 0.00806. The summed E-state index contributed by atoms with van der Waals surface area (Å²) in [7, 11) is -3.71. The number of hydrogen-bond acceptors (Lipinski definition) is 5. The van der Waals surface area contributed by atoms with Gasteiger partial charge in [0.1, 0.15) is 5.75 Å². The van der Waals surface area contributed by atoms with Gasteiger partial charge in [0, 0.05) is 18.4 Å². The Morgan fingerprint density at radius 3 is 2.50 bits per heavy atom. The molecule has 0 saturated heterocycles. The molecule has 0 spiro atoms. The van der Waals surface area contributed by atoms with Crippen LogP contribution in [0.2, 0.25) is 0 Å². The lowest BCUT2D eigenvalue weighted by Gasteiger charge is -2.14. The number of anilines is 1. The molecule has 1 aromatic heterocycles. The van der Waals surface area contributed by atoms with Gasteiger partial charge in [-0.25, -0.2) is 13.1 Å². The predicted octanol–water partition coefficient (Wildman–Crippen LogP) is 1.41. The van der Waals surface area contributed by atoms with Crippen LogP contribution >= 0.6 is 0 Å². The number of hydrogen-bond donors (Lipinski definition) is 3. The minimum Gasteiger partial charge on any atom is -0.506 e. The van der Waals surface area contributed by atoms with E-state index >= 15 is 0 Å². The Labute approximate surface area is 117 Å². The third-order valence-electron chi connectivity index (χ3n) is 2.85. The van der Waals surface area contributed by atoms with Crippen molar-refractivity contribution in [1.29, 1.82) is 0 Å². The summed E-state index contributed by atoms with van der Waals surface area (Å²) in [5, 5.41) is 9.32. The molecule has 4 N–H and O–H groups in total. The quantitative estimate of drug-likeness (QED) is 0.584. The molecule has 0 aliphatic heterocycles. The van der Waals surface area contributed by atoms with Gasteiger partial charge in [-0.3, -0.25) is 4.98 Å². The summed E-state index contributed by atoms with van der Waals surface area (Å²) in [6, 6.07) is 6.83. The summed E-state index contributed by atoms with van der Waals surface area (Å²) in [5.41, 5.74) is 6.33. The zero-order valence-corrected chi connectivity index (χ0v) is 11.6. The van der Waals surface area contributed by atoms with Gasteiger partial charge in [0.25, 0.3) is 0 Å². The van der Waals surface area contributed by atoms with E-state index in [1.54, 1.807) is 31.5 Å². The summed E-state index contributed by atoms with van der Waals surface area (Å²) in [5.74, 6) is -0.147. The third-order valence-corrected chi connectivity index (χ3v) is 4.39. The average Bonchev–Trinajstić information content (AvgIpc) is 2.42. The van der Waals surface area contributed by atoms with E-state index in [0.29, 0.717) is 0 Å². The fourth-order valence-corrected chi connectivity index (χ4v) is 2.99. The van der Waals surface area contributed by atoms with Gasteiger partial charge in [0.05, 0.1) is 10.6 Å². The van der Waals surface area contributed by atoms with Crippen molar-refractivity contribution >= 4 is 15.7 Å². The number of aromatic hydroxyl groups is 1. The van der Waals surface area contributed by atoms with Crippen LogP contribution in [0.15, 0.2) is 47.6 Å². The fraction of sp³-hybridized carbons (Fsp3) is 0.154. The van der Waals surface area contributed by atoms with Gasteiger partial charge in [0.15, 0.2) is 0 Å². The molecule has 0 aliphatic rings. The van der Waals surface area contributed by atoms with Crippen molar-refractivity contribution in [3.05, 3.63) is 48.3 Å². The number of nitrogens with one attached hydrogen (secondary N) is 1. The van der Waals surface area contributed by atoms with Crippen molar-refractivity contribution in [1.82, 2.24) is 9.71 Å². The molecular weight excluding hydrogens is 278 g/mol. The number of rotatable bonds is 4. The maximum atomic E-state index is 12.2. The summed E-state index contributed by atoms with van der Waals surface area (Å²) >= 11 is 0. The molecule has 0 fully saturated rings. The van der Waals surface area contributed by atoms with E-state index < -0.39 is 16.1 Å². The number of sulfonamides is 1. The smallest absolute Gasteiger partial charge is 0.241 e. The van der Waals surface area contributed by atoms with Crippen molar-refractivity contribution in [3.63, 3.8) is 0 Å². The molecule has 2 aromatic rings. The van der Waals surface area contributed by atoms with Crippen molar-refractivity contribution in [3.8, 4) is 5.75 Å². The number of pyridine rings is 1. The van der Waals surface area contributed by atoms with Gasteiger partial charge in [0.2, 0.25) is 10.0 Å². The Kier molecular flexibility index (Phi) is 3.91. The topological polar surface area (TPSA) is 105 Å². The zero-order valence-electron chi connectivity index (χ0n) is 10.8. The van der Waals surface area contributed by atoms with Crippen molar-refractivity contribution in [2.24, 2.45) is 0 Å². The Morgan fingerprint density at radius 2 is 1.90 bits per heavy atom. The molecule has 0 amide bonds. The number of nitrogens with two attached hydrogens (primary N) is 1. The first-order valence-electron chi connectivity index (χ1n) is 5.91. The van der Waals surface area contributed by atoms with Crippen LogP contribution < -0.4 is 10.5 Å². The Bertz CT molecular complexity index is 702. The summed E-state index contributed by atoms with van der Waals surface area (Å²) < 4.78 is 27.0. The fourth-order valence-electron chi connectivity index (χ4n) is 1.72. The summed E-state index contributed by atoms with van der Waals surface area (Å²) in [6.07, 6.45) is 3.19. The number of phenolic OH excluding ortho intramolecular Hbond substituents is 1. The molecule has 2 rings (SSSR count). The van der Waals surface area contributed by atoms with Gasteiger partial charge >= 0.3 is 0 Å². The molecule has 0 radical (unpaired) electrons. The molecule has 1 unspecified atom stereocenters. The first-order chi connectivity index (χ1) is 9.40. The van der Waals surface area contributed by atoms with Gasteiger partial charge in [-0.15, -0.1) is 0 Å². The van der Waals surface area contributed by atoms with Crippen molar-refractivity contribution in [2.75, 3.05) is 5.73 Å². The number of nitrogens with zero attached hydrogens (tertiary/aromatic N) is 1. The van der Waals surface area contributed by atoms with Crippen LogP contribution in [0.4, 0.5) is 5.69 Å². The van der Waals surface area contributed by atoms with Crippen LogP contribution in [0.1, 0.15) is 18.5 Å². The lowest BCUT2D eigenvalue weighted by Crippen LogP contribution is -2.27. The third kappa shape index (κ3) is 3.06. The van der Waals surface area contributed by atoms with E-state index in [0.717, 1.165) is 5.56 Å². The molecule has 0 aliphatic carbocycles. The highest BCUT2D eigenvalue weighted by Crippen LogP contribution is 2.24. The van der Waals surface area contributed by atoms with Gasteiger partial charge < -0.3 is 10.8 Å². The maximum absolute atomic E-state index is 12.2. The number of phenols is 1. The molecular formula is C13H15N3O3S. The normalized spacial score (nSPS) is 13.1. The average molecular weight is 293 g/mol. The van der Waals surface area contributed by atoms with Crippen LogP contribution in [0.3, 0.4) is 0 Å². The second-order valence-corrected chi connectivity index (χ2v) is 6.06. The Hall–Kier alpha value is -2.12. The first kappa shape index (κ1) is 14.3. The molecule has 0 bridgehead atoms. The second kappa shape index (κ2) is 5.48. The molecule has 7 heteroatoms.